The Bertz CT molecular complexity index is 1220. The molecular formula is C26H25N2+. The molecule has 2 aromatic rings. The minimum absolute atomic E-state index is 0.167. The summed E-state index contributed by atoms with van der Waals surface area (Å²) in [5, 5.41) is 2.37. The zero-order valence-electron chi connectivity index (χ0n) is 16.7. The molecule has 2 atom stereocenters. The SMILES string of the molecule is CC1=C[C@@H](C2=c3ccccc3=[N+]=C2)[C@H](/C=C2/C=Nc3ccccc32)C(C)(C)C1. The molecule has 1 aliphatic carbocycles. The highest BCUT2D eigenvalue weighted by atomic mass is 14.8. The third-order valence-electron chi connectivity index (χ3n) is 6.32. The lowest BCUT2D eigenvalue weighted by molar-refractivity contribution is 0.218. The van der Waals surface area contributed by atoms with Crippen molar-refractivity contribution >= 4 is 29.3 Å². The van der Waals surface area contributed by atoms with Crippen LogP contribution in [0.15, 0.2) is 71.2 Å². The van der Waals surface area contributed by atoms with Crippen molar-refractivity contribution in [3.63, 3.8) is 0 Å². The second-order valence-electron chi connectivity index (χ2n) is 8.86. The maximum absolute atomic E-state index is 4.69. The van der Waals surface area contributed by atoms with Crippen LogP contribution in [0.3, 0.4) is 0 Å². The van der Waals surface area contributed by atoms with Gasteiger partial charge in [0.2, 0.25) is 0 Å². The predicted octanol–water partition coefficient (Wildman–Crippen LogP) is 4.02. The molecule has 0 unspecified atom stereocenters. The van der Waals surface area contributed by atoms with E-state index in [-0.39, 0.29) is 5.41 Å². The van der Waals surface area contributed by atoms with Crippen molar-refractivity contribution < 1.29 is 0 Å². The highest BCUT2D eigenvalue weighted by Gasteiger charge is 2.40. The third kappa shape index (κ3) is 2.73. The van der Waals surface area contributed by atoms with Crippen molar-refractivity contribution in [2.45, 2.75) is 27.2 Å². The first-order valence-corrected chi connectivity index (χ1v) is 10.1. The average Bonchev–Trinajstić information content (AvgIpc) is 3.28. The van der Waals surface area contributed by atoms with Gasteiger partial charge >= 0.3 is 5.36 Å². The Balaban J connectivity index is 1.67. The van der Waals surface area contributed by atoms with Gasteiger partial charge in [-0.1, -0.05) is 66.6 Å². The number of aliphatic imine (C=N–C) groups is 1. The van der Waals surface area contributed by atoms with E-state index in [1.54, 1.807) is 0 Å². The van der Waals surface area contributed by atoms with Gasteiger partial charge in [-0.3, -0.25) is 4.99 Å². The minimum atomic E-state index is 0.167. The highest BCUT2D eigenvalue weighted by Crippen LogP contribution is 2.48. The van der Waals surface area contributed by atoms with Gasteiger partial charge in [0.15, 0.2) is 0 Å². The summed E-state index contributed by atoms with van der Waals surface area (Å²) < 4.78 is 4.69. The fourth-order valence-electron chi connectivity index (χ4n) is 5.07. The third-order valence-corrected chi connectivity index (χ3v) is 6.32. The van der Waals surface area contributed by atoms with Crippen LogP contribution in [-0.2, 0) is 0 Å². The molecule has 0 amide bonds. The van der Waals surface area contributed by atoms with Crippen LogP contribution in [0.2, 0.25) is 0 Å². The number of hydrogen-bond donors (Lipinski definition) is 0. The van der Waals surface area contributed by atoms with Crippen molar-refractivity contribution in [3.8, 4) is 0 Å². The normalized spacial score (nSPS) is 25.5. The molecule has 28 heavy (non-hydrogen) atoms. The zero-order chi connectivity index (χ0) is 19.3. The summed E-state index contributed by atoms with van der Waals surface area (Å²) in [6.45, 7) is 7.06. The standard InChI is InChI=1S/C26H25N2/c1-17-12-21(22-16-28-25-11-7-5-9-20(22)25)23(26(2,3)14-17)13-18-15-27-24-10-6-4-8-19(18)24/h4-13,15-16,21,23H,14H2,1-3H3/q+1/b18-13-/t21-,23-/m0/s1. The number of allylic oxidation sites excluding steroid dienone is 4. The Morgan fingerprint density at radius 3 is 2.75 bits per heavy atom. The second kappa shape index (κ2) is 6.29. The number of para-hydroxylation sites is 2. The number of nitrogens with zero attached hydrogens (tertiary/aromatic N) is 2. The smallest absolute Gasteiger partial charge is 0.256 e. The van der Waals surface area contributed by atoms with E-state index in [1.807, 2.05) is 6.21 Å². The summed E-state index contributed by atoms with van der Waals surface area (Å²) in [6.07, 6.45) is 10.2. The Hall–Kier alpha value is -2.96. The van der Waals surface area contributed by atoms with Crippen molar-refractivity contribution in [1.29, 1.82) is 0 Å². The zero-order valence-corrected chi connectivity index (χ0v) is 16.7. The van der Waals surface area contributed by atoms with E-state index < -0.39 is 0 Å². The number of benzene rings is 2. The van der Waals surface area contributed by atoms with Crippen molar-refractivity contribution in [1.82, 2.24) is 4.67 Å². The van der Waals surface area contributed by atoms with Crippen LogP contribution >= 0.6 is 0 Å². The van der Waals surface area contributed by atoms with Gasteiger partial charge in [-0.05, 0) is 42.4 Å². The largest absolute Gasteiger partial charge is 0.334 e. The average molecular weight is 366 g/mol. The van der Waals surface area contributed by atoms with E-state index >= 15 is 0 Å². The van der Waals surface area contributed by atoms with Crippen LogP contribution in [0.1, 0.15) is 32.8 Å². The Morgan fingerprint density at radius 1 is 1.07 bits per heavy atom. The molecule has 2 heterocycles. The molecule has 0 fully saturated rings. The molecule has 0 saturated heterocycles. The lowest BCUT2D eigenvalue weighted by Gasteiger charge is -2.41. The first kappa shape index (κ1) is 17.2. The van der Waals surface area contributed by atoms with Crippen LogP contribution in [0.25, 0.3) is 11.1 Å². The fraction of sp³-hybridized carbons (Fsp3) is 0.269. The predicted molar refractivity (Wildman–Crippen MR) is 118 cm³/mol. The van der Waals surface area contributed by atoms with E-state index in [0.717, 1.165) is 17.5 Å². The number of fused-ring (bicyclic) bond motifs is 2. The van der Waals surface area contributed by atoms with Crippen LogP contribution in [0, 0.1) is 17.3 Å². The Labute approximate surface area is 166 Å². The molecule has 0 saturated carbocycles. The quantitative estimate of drug-likeness (QED) is 0.568. The molecule has 0 radical (unpaired) electrons. The molecule has 2 aromatic carbocycles. The van der Waals surface area contributed by atoms with E-state index in [2.05, 4.69) is 92.7 Å². The molecule has 0 spiro atoms. The van der Waals surface area contributed by atoms with Gasteiger partial charge in [0.1, 0.15) is 0 Å². The first-order valence-electron chi connectivity index (χ1n) is 10.1. The first-order chi connectivity index (χ1) is 13.5. The maximum atomic E-state index is 4.69. The van der Waals surface area contributed by atoms with E-state index in [4.69, 9.17) is 4.67 Å². The number of hydrogen-bond acceptors (Lipinski definition) is 1. The summed E-state index contributed by atoms with van der Waals surface area (Å²) in [5.74, 6) is 0.709. The molecule has 3 aliphatic rings. The van der Waals surface area contributed by atoms with Gasteiger partial charge in [0, 0.05) is 23.8 Å². The molecule has 2 heteroatoms. The second-order valence-corrected chi connectivity index (χ2v) is 8.86. The highest BCUT2D eigenvalue weighted by molar-refractivity contribution is 6.16. The molecule has 0 aromatic heterocycles. The van der Waals surface area contributed by atoms with Crippen LogP contribution in [0.4, 0.5) is 5.69 Å². The van der Waals surface area contributed by atoms with Gasteiger partial charge in [-0.15, -0.1) is 0 Å². The molecular weight excluding hydrogens is 340 g/mol. The van der Waals surface area contributed by atoms with Crippen LogP contribution < -0.4 is 15.2 Å². The molecule has 0 N–H and O–H groups in total. The summed E-state index contributed by atoms with van der Waals surface area (Å²) >= 11 is 0. The van der Waals surface area contributed by atoms with Crippen molar-refractivity contribution in [3.05, 3.63) is 82.4 Å². The minimum Gasteiger partial charge on any atom is -0.256 e. The Kier molecular flexibility index (Phi) is 3.86. The molecule has 2 nitrogen and oxygen atoms in total. The molecule has 0 bridgehead atoms. The van der Waals surface area contributed by atoms with Crippen LogP contribution in [-0.4, -0.2) is 12.4 Å². The summed E-state index contributed by atoms with van der Waals surface area (Å²) in [5.41, 5.74) is 6.54. The van der Waals surface area contributed by atoms with Gasteiger partial charge < -0.3 is 0 Å². The van der Waals surface area contributed by atoms with Crippen LogP contribution in [0.5, 0.6) is 0 Å². The van der Waals surface area contributed by atoms with Gasteiger partial charge in [0.05, 0.1) is 16.5 Å². The summed E-state index contributed by atoms with van der Waals surface area (Å²) in [6, 6.07) is 16.9. The fourth-order valence-corrected chi connectivity index (χ4v) is 5.07. The summed E-state index contributed by atoms with van der Waals surface area (Å²) in [7, 11) is 0. The van der Waals surface area contributed by atoms with E-state index in [1.165, 1.54) is 27.5 Å². The van der Waals surface area contributed by atoms with Gasteiger partial charge in [0.25, 0.3) is 6.21 Å². The molecule has 138 valence electrons. The number of rotatable bonds is 2. The molecule has 2 aliphatic heterocycles. The lowest BCUT2D eigenvalue weighted by atomic mass is 9.62. The van der Waals surface area contributed by atoms with Crippen molar-refractivity contribution in [2.24, 2.45) is 22.2 Å². The molecule has 5 rings (SSSR count). The monoisotopic (exact) mass is 365 g/mol. The topological polar surface area (TPSA) is 26.5 Å². The van der Waals surface area contributed by atoms with Crippen molar-refractivity contribution in [2.75, 3.05) is 0 Å². The lowest BCUT2D eigenvalue weighted by Crippen LogP contribution is -2.36. The summed E-state index contributed by atoms with van der Waals surface area (Å²) in [4.78, 5) is 4.63. The Morgan fingerprint density at radius 2 is 1.86 bits per heavy atom. The van der Waals surface area contributed by atoms with E-state index in [9.17, 15) is 0 Å². The maximum Gasteiger partial charge on any atom is 0.334 e. The van der Waals surface area contributed by atoms with Gasteiger partial charge in [-0.25, -0.2) is 0 Å². The van der Waals surface area contributed by atoms with E-state index in [0.29, 0.717) is 11.8 Å². The van der Waals surface area contributed by atoms with Gasteiger partial charge in [-0.2, -0.15) is 0 Å².